The van der Waals surface area contributed by atoms with E-state index in [1.807, 2.05) is 13.8 Å². The zero-order valence-electron chi connectivity index (χ0n) is 12.1. The summed E-state index contributed by atoms with van der Waals surface area (Å²) in [6.45, 7) is 4.76. The highest BCUT2D eigenvalue weighted by Gasteiger charge is 2.34. The average molecular weight is 398 g/mol. The first-order chi connectivity index (χ1) is 9.75. The molecule has 5 nitrogen and oxygen atoms in total. The van der Waals surface area contributed by atoms with E-state index in [2.05, 4.69) is 21.2 Å². The van der Waals surface area contributed by atoms with E-state index in [1.54, 1.807) is 6.07 Å². The molecule has 0 bridgehead atoms. The molecule has 21 heavy (non-hydrogen) atoms. The van der Waals surface area contributed by atoms with E-state index >= 15 is 0 Å². The molecule has 0 saturated carbocycles. The molecule has 1 aromatic rings. The first-order valence-electron chi connectivity index (χ1n) is 6.55. The van der Waals surface area contributed by atoms with E-state index in [9.17, 15) is 8.42 Å². The average Bonchev–Trinajstić information content (AvgIpc) is 2.36. The number of rotatable bonds is 3. The molecule has 0 aromatic heterocycles. The lowest BCUT2D eigenvalue weighted by molar-refractivity contribution is 0.262. The van der Waals surface area contributed by atoms with Crippen LogP contribution in [0.5, 0.6) is 5.75 Å². The molecule has 1 aromatic carbocycles. The lowest BCUT2D eigenvalue weighted by Gasteiger charge is -2.35. The van der Waals surface area contributed by atoms with Gasteiger partial charge in [0.05, 0.1) is 11.6 Å². The SMILES string of the molecule is COc1c(Br)cc(Cl)cc1S(=O)(=O)N1CC(C)NC(C)C1. The number of hydrogen-bond donors (Lipinski definition) is 1. The minimum Gasteiger partial charge on any atom is -0.494 e. The van der Waals surface area contributed by atoms with Crippen molar-refractivity contribution < 1.29 is 13.2 Å². The van der Waals surface area contributed by atoms with Crippen molar-refractivity contribution in [3.05, 3.63) is 21.6 Å². The normalized spacial score (nSPS) is 24.0. The fraction of sp³-hybridized carbons (Fsp3) is 0.538. The Morgan fingerprint density at radius 1 is 1.33 bits per heavy atom. The zero-order valence-corrected chi connectivity index (χ0v) is 15.2. The van der Waals surface area contributed by atoms with Crippen LogP contribution in [0.1, 0.15) is 13.8 Å². The first kappa shape index (κ1) is 17.0. The van der Waals surface area contributed by atoms with Crippen LogP contribution < -0.4 is 10.1 Å². The Bertz CT molecular complexity index is 629. The van der Waals surface area contributed by atoms with Crippen molar-refractivity contribution in [3.8, 4) is 5.75 Å². The van der Waals surface area contributed by atoms with Crippen molar-refractivity contribution >= 4 is 37.6 Å². The molecule has 118 valence electrons. The van der Waals surface area contributed by atoms with Crippen molar-refractivity contribution in [1.82, 2.24) is 9.62 Å². The predicted molar refractivity (Wildman–Crippen MR) is 86.5 cm³/mol. The Balaban J connectivity index is 2.49. The molecule has 0 aliphatic carbocycles. The molecule has 1 saturated heterocycles. The summed E-state index contributed by atoms with van der Waals surface area (Å²) >= 11 is 9.29. The van der Waals surface area contributed by atoms with Gasteiger partial charge in [0.15, 0.2) is 5.75 Å². The summed E-state index contributed by atoms with van der Waals surface area (Å²) in [5.74, 6) is 0.276. The number of piperazine rings is 1. The molecule has 2 rings (SSSR count). The molecule has 2 atom stereocenters. The Labute approximate surface area is 138 Å². The zero-order chi connectivity index (χ0) is 15.8. The van der Waals surface area contributed by atoms with Crippen LogP contribution in [0, 0.1) is 0 Å². The Morgan fingerprint density at radius 2 is 1.90 bits per heavy atom. The third kappa shape index (κ3) is 3.53. The number of ether oxygens (including phenoxy) is 1. The van der Waals surface area contributed by atoms with E-state index < -0.39 is 10.0 Å². The highest BCUT2D eigenvalue weighted by molar-refractivity contribution is 9.10. The van der Waals surface area contributed by atoms with E-state index in [4.69, 9.17) is 16.3 Å². The number of benzene rings is 1. The minimum atomic E-state index is -3.66. The maximum absolute atomic E-state index is 12.9. The van der Waals surface area contributed by atoms with Gasteiger partial charge in [-0.25, -0.2) is 8.42 Å². The number of nitrogens with one attached hydrogen (secondary N) is 1. The highest BCUT2D eigenvalue weighted by atomic mass is 79.9. The van der Waals surface area contributed by atoms with E-state index in [1.165, 1.54) is 17.5 Å². The van der Waals surface area contributed by atoms with Crippen LogP contribution in [-0.4, -0.2) is 45.0 Å². The number of nitrogens with zero attached hydrogens (tertiary/aromatic N) is 1. The highest BCUT2D eigenvalue weighted by Crippen LogP contribution is 2.37. The molecule has 1 fully saturated rings. The van der Waals surface area contributed by atoms with Crippen molar-refractivity contribution in [1.29, 1.82) is 0 Å². The summed E-state index contributed by atoms with van der Waals surface area (Å²) in [5.41, 5.74) is 0. The molecule has 0 amide bonds. The van der Waals surface area contributed by atoms with Crippen molar-refractivity contribution in [2.75, 3.05) is 20.2 Å². The van der Waals surface area contributed by atoms with Crippen LogP contribution in [0.25, 0.3) is 0 Å². The largest absolute Gasteiger partial charge is 0.494 e. The van der Waals surface area contributed by atoms with Crippen molar-refractivity contribution in [2.45, 2.75) is 30.8 Å². The molecule has 1 aliphatic rings. The second kappa shape index (κ2) is 6.42. The van der Waals surface area contributed by atoms with Gasteiger partial charge in [0.25, 0.3) is 0 Å². The Hall–Kier alpha value is -0.340. The van der Waals surface area contributed by atoms with Gasteiger partial charge in [0.2, 0.25) is 10.0 Å². The van der Waals surface area contributed by atoms with Gasteiger partial charge in [-0.15, -0.1) is 0 Å². The Morgan fingerprint density at radius 3 is 2.43 bits per heavy atom. The van der Waals surface area contributed by atoms with Gasteiger partial charge in [0, 0.05) is 30.2 Å². The first-order valence-corrected chi connectivity index (χ1v) is 9.16. The summed E-state index contributed by atoms with van der Waals surface area (Å²) in [7, 11) is -2.22. The second-order valence-electron chi connectivity index (χ2n) is 5.21. The molecular weight excluding hydrogens is 380 g/mol. The lowest BCUT2D eigenvalue weighted by atomic mass is 10.2. The van der Waals surface area contributed by atoms with Gasteiger partial charge in [-0.2, -0.15) is 4.31 Å². The van der Waals surface area contributed by atoms with Gasteiger partial charge in [-0.05, 0) is 41.9 Å². The number of sulfonamides is 1. The molecule has 1 heterocycles. The predicted octanol–water partition coefficient (Wildman–Crippen LogP) is 2.48. The fourth-order valence-corrected chi connectivity index (χ4v) is 5.53. The van der Waals surface area contributed by atoms with Crippen LogP contribution in [0.2, 0.25) is 5.02 Å². The van der Waals surface area contributed by atoms with E-state index in [0.29, 0.717) is 22.6 Å². The van der Waals surface area contributed by atoms with Gasteiger partial charge < -0.3 is 10.1 Å². The van der Waals surface area contributed by atoms with Gasteiger partial charge in [0.1, 0.15) is 4.90 Å². The van der Waals surface area contributed by atoms with E-state index in [0.717, 1.165) is 0 Å². The molecule has 1 N–H and O–H groups in total. The topological polar surface area (TPSA) is 58.6 Å². The summed E-state index contributed by atoms with van der Waals surface area (Å²) in [6, 6.07) is 3.23. The van der Waals surface area contributed by atoms with Crippen LogP contribution in [0.15, 0.2) is 21.5 Å². The molecule has 0 radical (unpaired) electrons. The summed E-state index contributed by atoms with van der Waals surface area (Å²) in [5, 5.41) is 3.66. The minimum absolute atomic E-state index is 0.0886. The van der Waals surface area contributed by atoms with Gasteiger partial charge >= 0.3 is 0 Å². The molecule has 2 unspecified atom stereocenters. The lowest BCUT2D eigenvalue weighted by Crippen LogP contribution is -2.55. The van der Waals surface area contributed by atoms with Crippen LogP contribution in [0.4, 0.5) is 0 Å². The molecule has 0 spiro atoms. The van der Waals surface area contributed by atoms with Gasteiger partial charge in [-0.1, -0.05) is 11.6 Å². The van der Waals surface area contributed by atoms with Crippen molar-refractivity contribution in [2.24, 2.45) is 0 Å². The maximum atomic E-state index is 12.9. The maximum Gasteiger partial charge on any atom is 0.246 e. The summed E-state index contributed by atoms with van der Waals surface area (Å²) in [4.78, 5) is 0.0886. The fourth-order valence-electron chi connectivity index (χ4n) is 2.54. The van der Waals surface area contributed by atoms with Crippen LogP contribution in [-0.2, 0) is 10.0 Å². The number of halogens is 2. The third-order valence-electron chi connectivity index (χ3n) is 3.32. The Kier molecular flexibility index (Phi) is 5.20. The standard InChI is InChI=1S/C13H18BrClN2O3S/c1-8-6-17(7-9(2)16-8)21(18,19)12-5-10(15)4-11(14)13(12)20-3/h4-5,8-9,16H,6-7H2,1-3H3. The third-order valence-corrected chi connectivity index (χ3v) is 5.96. The molecular formula is C13H18BrClN2O3S. The van der Waals surface area contributed by atoms with Crippen LogP contribution in [0.3, 0.4) is 0 Å². The summed E-state index contributed by atoms with van der Waals surface area (Å²) in [6.07, 6.45) is 0. The number of hydrogen-bond acceptors (Lipinski definition) is 4. The smallest absolute Gasteiger partial charge is 0.246 e. The molecule has 1 aliphatic heterocycles. The number of methoxy groups -OCH3 is 1. The van der Waals surface area contributed by atoms with Crippen LogP contribution >= 0.6 is 27.5 Å². The summed E-state index contributed by atoms with van der Waals surface area (Å²) < 4.78 is 33.0. The second-order valence-corrected chi connectivity index (χ2v) is 8.41. The molecule has 8 heteroatoms. The monoisotopic (exact) mass is 396 g/mol. The van der Waals surface area contributed by atoms with Gasteiger partial charge in [-0.3, -0.25) is 0 Å². The van der Waals surface area contributed by atoms with E-state index in [-0.39, 0.29) is 22.7 Å². The quantitative estimate of drug-likeness (QED) is 0.851. The van der Waals surface area contributed by atoms with Crippen molar-refractivity contribution in [3.63, 3.8) is 0 Å².